The lowest BCUT2D eigenvalue weighted by Gasteiger charge is -2.09. The lowest BCUT2D eigenvalue weighted by atomic mass is 10.1. The quantitative estimate of drug-likeness (QED) is 0.785. The molecule has 3 rings (SSSR count). The molecule has 0 aliphatic heterocycles. The maximum Gasteiger partial charge on any atom is 0.303 e. The van der Waals surface area contributed by atoms with Crippen LogP contribution in [0.4, 0.5) is 0 Å². The number of methoxy groups -OCH3 is 1. The molecule has 0 radical (unpaired) electrons. The molecule has 0 saturated carbocycles. The molecule has 0 spiro atoms. The molecular weight excluding hydrogens is 292 g/mol. The second-order valence-electron chi connectivity index (χ2n) is 5.36. The van der Waals surface area contributed by atoms with Crippen LogP contribution in [0.25, 0.3) is 16.9 Å². The first-order valence-corrected chi connectivity index (χ1v) is 7.44. The van der Waals surface area contributed by atoms with Crippen molar-refractivity contribution < 1.29 is 14.6 Å². The van der Waals surface area contributed by atoms with Crippen LogP contribution in [0.1, 0.15) is 17.8 Å². The number of imidazole rings is 1. The maximum absolute atomic E-state index is 11.0. The van der Waals surface area contributed by atoms with Gasteiger partial charge in [0.05, 0.1) is 24.9 Å². The molecule has 0 bridgehead atoms. The van der Waals surface area contributed by atoms with E-state index in [4.69, 9.17) is 14.8 Å². The Morgan fingerprint density at radius 2 is 2.00 bits per heavy atom. The number of rotatable bonds is 5. The van der Waals surface area contributed by atoms with Gasteiger partial charge in [-0.1, -0.05) is 18.2 Å². The third-order valence-electron chi connectivity index (χ3n) is 3.87. The number of para-hydroxylation sites is 1. The van der Waals surface area contributed by atoms with Crippen LogP contribution in [0.5, 0.6) is 5.75 Å². The minimum Gasteiger partial charge on any atom is -0.496 e. The first-order valence-electron chi connectivity index (χ1n) is 7.44. The van der Waals surface area contributed by atoms with Crippen LogP contribution >= 0.6 is 0 Å². The number of nitrogens with zero attached hydrogens (tertiary/aromatic N) is 2. The first kappa shape index (κ1) is 15.1. The van der Waals surface area contributed by atoms with Crippen molar-refractivity contribution in [1.29, 1.82) is 0 Å². The smallest absolute Gasteiger partial charge is 0.303 e. The molecule has 0 aliphatic carbocycles. The zero-order valence-corrected chi connectivity index (χ0v) is 13.1. The number of hydrogen-bond acceptors (Lipinski definition) is 3. The summed E-state index contributed by atoms with van der Waals surface area (Å²) in [6, 6.07) is 13.5. The third kappa shape index (κ3) is 2.77. The summed E-state index contributed by atoms with van der Waals surface area (Å²) in [5.41, 5.74) is 4.38. The van der Waals surface area contributed by atoms with Crippen molar-refractivity contribution in [1.82, 2.24) is 9.38 Å². The molecule has 0 saturated heterocycles. The normalized spacial score (nSPS) is 10.9. The summed E-state index contributed by atoms with van der Waals surface area (Å²) < 4.78 is 7.46. The molecule has 2 aromatic heterocycles. The van der Waals surface area contributed by atoms with E-state index in [1.807, 2.05) is 53.8 Å². The summed E-state index contributed by atoms with van der Waals surface area (Å²) in [7, 11) is 1.62. The SMILES string of the molecule is COc1ccccc1-c1nc2cccc(C)n2c1CCC(=O)O. The summed E-state index contributed by atoms with van der Waals surface area (Å²) in [5.74, 6) is -0.0929. The van der Waals surface area contributed by atoms with Crippen molar-refractivity contribution in [2.45, 2.75) is 19.8 Å². The molecule has 0 fully saturated rings. The van der Waals surface area contributed by atoms with E-state index in [9.17, 15) is 4.79 Å². The molecule has 0 atom stereocenters. The maximum atomic E-state index is 11.0. The van der Waals surface area contributed by atoms with E-state index >= 15 is 0 Å². The molecule has 3 aromatic rings. The Morgan fingerprint density at radius 3 is 2.74 bits per heavy atom. The van der Waals surface area contributed by atoms with Crippen LogP contribution in [0, 0.1) is 6.92 Å². The number of ether oxygens (including phenoxy) is 1. The second-order valence-corrected chi connectivity index (χ2v) is 5.36. The van der Waals surface area contributed by atoms with Gasteiger partial charge in [-0.15, -0.1) is 0 Å². The van der Waals surface area contributed by atoms with E-state index in [0.29, 0.717) is 6.42 Å². The van der Waals surface area contributed by atoms with Crippen molar-refractivity contribution in [2.75, 3.05) is 7.11 Å². The predicted molar refractivity (Wildman–Crippen MR) is 87.9 cm³/mol. The molecule has 5 nitrogen and oxygen atoms in total. The summed E-state index contributed by atoms with van der Waals surface area (Å²) in [4.78, 5) is 15.8. The molecule has 1 aromatic carbocycles. The van der Waals surface area contributed by atoms with Crippen LogP contribution in [0.15, 0.2) is 42.5 Å². The topological polar surface area (TPSA) is 63.8 Å². The molecule has 5 heteroatoms. The van der Waals surface area contributed by atoms with Crippen molar-refractivity contribution >= 4 is 11.6 Å². The highest BCUT2D eigenvalue weighted by molar-refractivity contribution is 5.74. The molecule has 1 N–H and O–H groups in total. The summed E-state index contributed by atoms with van der Waals surface area (Å²) in [6.45, 7) is 1.99. The van der Waals surface area contributed by atoms with Crippen LogP contribution in [-0.4, -0.2) is 27.6 Å². The zero-order valence-electron chi connectivity index (χ0n) is 13.1. The van der Waals surface area contributed by atoms with Gasteiger partial charge in [-0.2, -0.15) is 0 Å². The molecular formula is C18H18N2O3. The van der Waals surface area contributed by atoms with Gasteiger partial charge < -0.3 is 14.2 Å². The Balaban J connectivity index is 2.25. The summed E-state index contributed by atoms with van der Waals surface area (Å²) in [6.07, 6.45) is 0.471. The highest BCUT2D eigenvalue weighted by atomic mass is 16.5. The largest absolute Gasteiger partial charge is 0.496 e. The lowest BCUT2D eigenvalue weighted by Crippen LogP contribution is -2.03. The van der Waals surface area contributed by atoms with Crippen molar-refractivity contribution in [2.24, 2.45) is 0 Å². The number of aromatic nitrogens is 2. The fraction of sp³-hybridized carbons (Fsp3) is 0.222. The Labute approximate surface area is 134 Å². The average Bonchev–Trinajstić information content (AvgIpc) is 2.92. The van der Waals surface area contributed by atoms with Crippen molar-refractivity contribution in [3.8, 4) is 17.0 Å². The third-order valence-corrected chi connectivity index (χ3v) is 3.87. The van der Waals surface area contributed by atoms with Gasteiger partial charge in [-0.05, 0) is 31.2 Å². The molecule has 0 unspecified atom stereocenters. The number of carboxylic acid groups (broad SMARTS) is 1. The van der Waals surface area contributed by atoms with Crippen LogP contribution in [-0.2, 0) is 11.2 Å². The van der Waals surface area contributed by atoms with Crippen molar-refractivity contribution in [3.63, 3.8) is 0 Å². The average molecular weight is 310 g/mol. The second kappa shape index (κ2) is 6.12. The predicted octanol–water partition coefficient (Wildman–Crippen LogP) is 3.34. The van der Waals surface area contributed by atoms with E-state index in [1.54, 1.807) is 7.11 Å². The number of fused-ring (bicyclic) bond motifs is 1. The van der Waals surface area contributed by atoms with Crippen LogP contribution in [0.3, 0.4) is 0 Å². The van der Waals surface area contributed by atoms with Gasteiger partial charge in [0.25, 0.3) is 0 Å². The van der Waals surface area contributed by atoms with E-state index < -0.39 is 5.97 Å². The zero-order chi connectivity index (χ0) is 16.4. The lowest BCUT2D eigenvalue weighted by molar-refractivity contribution is -0.136. The van der Waals surface area contributed by atoms with Gasteiger partial charge in [0.1, 0.15) is 11.4 Å². The highest BCUT2D eigenvalue weighted by Crippen LogP contribution is 2.33. The number of aryl methyl sites for hydroxylation is 2. The van der Waals surface area contributed by atoms with E-state index in [-0.39, 0.29) is 6.42 Å². The van der Waals surface area contributed by atoms with Crippen molar-refractivity contribution in [3.05, 3.63) is 53.9 Å². The van der Waals surface area contributed by atoms with Gasteiger partial charge in [-0.25, -0.2) is 4.98 Å². The molecule has 0 aliphatic rings. The van der Waals surface area contributed by atoms with E-state index in [0.717, 1.165) is 34.0 Å². The van der Waals surface area contributed by atoms with E-state index in [2.05, 4.69) is 0 Å². The van der Waals surface area contributed by atoms with E-state index in [1.165, 1.54) is 0 Å². The Kier molecular flexibility index (Phi) is 4.02. The minimum atomic E-state index is -0.820. The summed E-state index contributed by atoms with van der Waals surface area (Å²) in [5, 5.41) is 9.06. The highest BCUT2D eigenvalue weighted by Gasteiger charge is 2.18. The number of aliphatic carboxylic acids is 1. The Bertz CT molecular complexity index is 868. The number of carbonyl (C=O) groups is 1. The van der Waals surface area contributed by atoms with Gasteiger partial charge in [0, 0.05) is 17.7 Å². The molecule has 0 amide bonds. The Morgan fingerprint density at radius 1 is 1.22 bits per heavy atom. The van der Waals surface area contributed by atoms with Crippen LogP contribution < -0.4 is 4.74 Å². The van der Waals surface area contributed by atoms with Gasteiger partial charge in [-0.3, -0.25) is 4.79 Å². The Hall–Kier alpha value is -2.82. The monoisotopic (exact) mass is 310 g/mol. The first-order chi connectivity index (χ1) is 11.1. The fourth-order valence-electron chi connectivity index (χ4n) is 2.84. The standard InChI is InChI=1S/C18H18N2O3/c1-12-6-5-9-16-19-18(13-7-3-4-8-15(13)23-2)14(20(12)16)10-11-17(21)22/h3-9H,10-11H2,1-2H3,(H,21,22). The number of carboxylic acids is 1. The number of pyridine rings is 1. The molecule has 2 heterocycles. The van der Waals surface area contributed by atoms with Gasteiger partial charge in [0.15, 0.2) is 0 Å². The number of hydrogen-bond donors (Lipinski definition) is 1. The molecule has 118 valence electrons. The number of benzene rings is 1. The minimum absolute atomic E-state index is 0.0598. The van der Waals surface area contributed by atoms with Gasteiger partial charge in [0.2, 0.25) is 0 Å². The fourth-order valence-corrected chi connectivity index (χ4v) is 2.84. The molecule has 23 heavy (non-hydrogen) atoms. The van der Waals surface area contributed by atoms with Gasteiger partial charge >= 0.3 is 5.97 Å². The summed E-state index contributed by atoms with van der Waals surface area (Å²) >= 11 is 0. The van der Waals surface area contributed by atoms with Crippen LogP contribution in [0.2, 0.25) is 0 Å².